The summed E-state index contributed by atoms with van der Waals surface area (Å²) < 4.78 is 23.0. The molecule has 0 aliphatic carbocycles. The lowest BCUT2D eigenvalue weighted by atomic mass is 10.1. The van der Waals surface area contributed by atoms with Crippen molar-refractivity contribution in [2.24, 2.45) is 0 Å². The fraction of sp³-hybridized carbons (Fsp3) is 0.355. The van der Waals surface area contributed by atoms with Gasteiger partial charge in [-0.05, 0) is 67.8 Å². The topological polar surface area (TPSA) is 65.9 Å². The van der Waals surface area contributed by atoms with Crippen molar-refractivity contribution in [2.75, 3.05) is 38.8 Å². The van der Waals surface area contributed by atoms with Gasteiger partial charge in [0.15, 0.2) is 11.5 Å². The first-order valence-corrected chi connectivity index (χ1v) is 13.2. The van der Waals surface area contributed by atoms with Gasteiger partial charge in [0, 0.05) is 24.9 Å². The van der Waals surface area contributed by atoms with E-state index in [9.17, 15) is 0 Å². The summed E-state index contributed by atoms with van der Waals surface area (Å²) in [5, 5.41) is 0.948. The van der Waals surface area contributed by atoms with Crippen molar-refractivity contribution in [1.29, 1.82) is 0 Å². The second-order valence-corrected chi connectivity index (χ2v) is 9.20. The van der Waals surface area contributed by atoms with E-state index in [1.54, 1.807) is 14.2 Å². The highest BCUT2D eigenvalue weighted by Crippen LogP contribution is 2.32. The third-order valence-corrected chi connectivity index (χ3v) is 6.24. The average Bonchev–Trinajstić information content (AvgIpc) is 2.94. The Morgan fingerprint density at radius 2 is 1.47 bits per heavy atom. The molecule has 0 fully saturated rings. The van der Waals surface area contributed by atoms with E-state index in [1.165, 1.54) is 5.56 Å². The minimum atomic E-state index is 0.373. The van der Waals surface area contributed by atoms with Gasteiger partial charge in [-0.3, -0.25) is 0 Å². The molecule has 7 heteroatoms. The molecule has 0 unspecified atom stereocenters. The van der Waals surface area contributed by atoms with Gasteiger partial charge in [0.1, 0.15) is 17.3 Å². The molecule has 0 radical (unpaired) electrons. The van der Waals surface area contributed by atoms with Crippen molar-refractivity contribution in [3.8, 4) is 29.0 Å². The van der Waals surface area contributed by atoms with Crippen LogP contribution in [-0.4, -0.2) is 43.9 Å². The molecule has 0 atom stereocenters. The molecule has 0 N–H and O–H groups in total. The molecule has 0 amide bonds. The summed E-state index contributed by atoms with van der Waals surface area (Å²) in [6.45, 7) is 8.66. The van der Waals surface area contributed by atoms with E-state index in [0.29, 0.717) is 30.5 Å². The summed E-state index contributed by atoms with van der Waals surface area (Å²) in [5.41, 5.74) is 3.10. The first kappa shape index (κ1) is 27.0. The number of methoxy groups -OCH3 is 2. The lowest BCUT2D eigenvalue weighted by molar-refractivity contribution is 0.297. The number of nitrogens with zero attached hydrogens (tertiary/aromatic N) is 3. The van der Waals surface area contributed by atoms with Gasteiger partial charge in [0.2, 0.25) is 0 Å². The zero-order valence-corrected chi connectivity index (χ0v) is 23.0. The van der Waals surface area contributed by atoms with Crippen LogP contribution in [0.4, 0.5) is 5.82 Å². The molecule has 1 aromatic heterocycles. The van der Waals surface area contributed by atoms with Gasteiger partial charge in [0.05, 0.1) is 26.3 Å². The smallest absolute Gasteiger partial charge is 0.318 e. The van der Waals surface area contributed by atoms with Crippen LogP contribution in [0.15, 0.2) is 60.7 Å². The summed E-state index contributed by atoms with van der Waals surface area (Å²) in [5.74, 6) is 3.83. The summed E-state index contributed by atoms with van der Waals surface area (Å²) in [6, 6.07) is 20.2. The Bertz CT molecular complexity index is 1340. The Kier molecular flexibility index (Phi) is 9.25. The summed E-state index contributed by atoms with van der Waals surface area (Å²) in [6.07, 6.45) is 2.72. The van der Waals surface area contributed by atoms with Gasteiger partial charge in [0.25, 0.3) is 0 Å². The van der Waals surface area contributed by atoms with Gasteiger partial charge in [-0.2, -0.15) is 9.97 Å². The van der Waals surface area contributed by atoms with Crippen LogP contribution < -0.4 is 23.8 Å². The third-order valence-electron chi connectivity index (χ3n) is 6.24. The zero-order valence-electron chi connectivity index (χ0n) is 23.0. The standard InChI is InChI=1S/C31H37N3O4/c1-6-17-34(18-7-2)30-26-21-25(38-24-11-8-22(3)9-12-24)13-14-27(26)32-31(33-30)37-19-16-23-10-15-28(35-4)29(20-23)36-5/h8-15,20-21H,6-7,16-19H2,1-5H3. The van der Waals surface area contributed by atoms with Crippen LogP contribution in [-0.2, 0) is 6.42 Å². The molecule has 200 valence electrons. The molecule has 1 heterocycles. The summed E-state index contributed by atoms with van der Waals surface area (Å²) in [4.78, 5) is 11.9. The molecule has 38 heavy (non-hydrogen) atoms. The van der Waals surface area contributed by atoms with E-state index in [0.717, 1.165) is 59.7 Å². The predicted octanol–water partition coefficient (Wildman–Crippen LogP) is 7.00. The quantitative estimate of drug-likeness (QED) is 0.190. The number of hydrogen-bond donors (Lipinski definition) is 0. The highest BCUT2D eigenvalue weighted by atomic mass is 16.5. The monoisotopic (exact) mass is 515 g/mol. The van der Waals surface area contributed by atoms with Gasteiger partial charge in [-0.1, -0.05) is 37.6 Å². The van der Waals surface area contributed by atoms with Gasteiger partial charge >= 0.3 is 6.01 Å². The van der Waals surface area contributed by atoms with E-state index < -0.39 is 0 Å². The molecular formula is C31H37N3O4. The Morgan fingerprint density at radius 1 is 0.763 bits per heavy atom. The molecule has 4 rings (SSSR count). The van der Waals surface area contributed by atoms with Crippen molar-refractivity contribution < 1.29 is 18.9 Å². The SMILES string of the molecule is CCCN(CCC)c1nc(OCCc2ccc(OC)c(OC)c2)nc2ccc(Oc3ccc(C)cc3)cc12. The fourth-order valence-electron chi connectivity index (χ4n) is 4.34. The lowest BCUT2D eigenvalue weighted by Crippen LogP contribution is -2.26. The van der Waals surface area contributed by atoms with E-state index in [-0.39, 0.29) is 0 Å². The van der Waals surface area contributed by atoms with Crippen LogP contribution in [0.2, 0.25) is 0 Å². The van der Waals surface area contributed by atoms with Crippen molar-refractivity contribution in [3.63, 3.8) is 0 Å². The number of aromatic nitrogens is 2. The Hall–Kier alpha value is -4.00. The Balaban J connectivity index is 1.60. The van der Waals surface area contributed by atoms with Gasteiger partial charge in [-0.15, -0.1) is 0 Å². The minimum Gasteiger partial charge on any atom is -0.493 e. The first-order chi connectivity index (χ1) is 18.5. The van der Waals surface area contributed by atoms with E-state index in [4.69, 9.17) is 28.9 Å². The molecule has 0 saturated carbocycles. The number of benzene rings is 3. The molecular weight excluding hydrogens is 478 g/mol. The predicted molar refractivity (Wildman–Crippen MR) is 152 cm³/mol. The number of rotatable bonds is 13. The number of fused-ring (bicyclic) bond motifs is 1. The number of hydrogen-bond acceptors (Lipinski definition) is 7. The van der Waals surface area contributed by atoms with Crippen LogP contribution in [0.1, 0.15) is 37.8 Å². The average molecular weight is 516 g/mol. The second-order valence-electron chi connectivity index (χ2n) is 9.20. The van der Waals surface area contributed by atoms with E-state index in [2.05, 4.69) is 25.7 Å². The van der Waals surface area contributed by atoms with Crippen molar-refractivity contribution in [3.05, 3.63) is 71.8 Å². The molecule has 4 aromatic rings. The second kappa shape index (κ2) is 13.0. The van der Waals surface area contributed by atoms with Crippen LogP contribution in [0, 0.1) is 6.92 Å². The molecule has 0 aliphatic heterocycles. The molecule has 0 saturated heterocycles. The fourth-order valence-corrected chi connectivity index (χ4v) is 4.34. The normalized spacial score (nSPS) is 10.9. The maximum atomic E-state index is 6.15. The maximum Gasteiger partial charge on any atom is 0.318 e. The van der Waals surface area contributed by atoms with Crippen LogP contribution in [0.3, 0.4) is 0 Å². The lowest BCUT2D eigenvalue weighted by Gasteiger charge is -2.24. The summed E-state index contributed by atoms with van der Waals surface area (Å²) in [7, 11) is 3.27. The van der Waals surface area contributed by atoms with Crippen molar-refractivity contribution in [2.45, 2.75) is 40.0 Å². The van der Waals surface area contributed by atoms with Gasteiger partial charge in [-0.25, -0.2) is 0 Å². The number of ether oxygens (including phenoxy) is 4. The summed E-state index contributed by atoms with van der Waals surface area (Å²) >= 11 is 0. The highest BCUT2D eigenvalue weighted by Gasteiger charge is 2.16. The van der Waals surface area contributed by atoms with Crippen molar-refractivity contribution >= 4 is 16.7 Å². The van der Waals surface area contributed by atoms with Gasteiger partial charge < -0.3 is 23.8 Å². The van der Waals surface area contributed by atoms with E-state index >= 15 is 0 Å². The van der Waals surface area contributed by atoms with E-state index in [1.807, 2.05) is 60.7 Å². The van der Waals surface area contributed by atoms with Crippen LogP contribution >= 0.6 is 0 Å². The highest BCUT2D eigenvalue weighted by molar-refractivity contribution is 5.91. The Labute approximate surface area is 225 Å². The molecule has 7 nitrogen and oxygen atoms in total. The largest absolute Gasteiger partial charge is 0.493 e. The number of aryl methyl sites for hydroxylation is 1. The maximum absolute atomic E-state index is 6.15. The number of anilines is 1. The molecule has 0 bridgehead atoms. The first-order valence-electron chi connectivity index (χ1n) is 13.2. The zero-order chi connectivity index (χ0) is 26.9. The third kappa shape index (κ3) is 6.65. The molecule has 0 spiro atoms. The van der Waals surface area contributed by atoms with Crippen LogP contribution in [0.25, 0.3) is 10.9 Å². The Morgan fingerprint density at radius 3 is 2.16 bits per heavy atom. The molecule has 0 aliphatic rings. The molecule has 3 aromatic carbocycles. The minimum absolute atomic E-state index is 0.373. The van der Waals surface area contributed by atoms with Crippen LogP contribution in [0.5, 0.6) is 29.0 Å². The van der Waals surface area contributed by atoms with Crippen molar-refractivity contribution in [1.82, 2.24) is 9.97 Å².